The molecule has 3 aromatic carbocycles. The molecule has 1 aliphatic rings. The van der Waals surface area contributed by atoms with Gasteiger partial charge in [-0.2, -0.15) is 0 Å². The largest absolute Gasteiger partial charge is 0.484 e. The third-order valence-electron chi connectivity index (χ3n) is 4.66. The standard InChI is InChI=1S/C22H20N2O3/c25-21(23-20-8-3-6-16-5-1-2-7-19(16)20)15-27-18-12-10-17(11-13-18)24-14-4-9-22(24)26/h1-3,5-8,10-13H,4,9,14-15H2,(H,23,25). The molecule has 27 heavy (non-hydrogen) atoms. The van der Waals surface area contributed by atoms with E-state index >= 15 is 0 Å². The van der Waals surface area contributed by atoms with Crippen LogP contribution in [0.25, 0.3) is 10.8 Å². The molecule has 1 saturated heterocycles. The van der Waals surface area contributed by atoms with Crippen molar-refractivity contribution in [1.82, 2.24) is 0 Å². The van der Waals surface area contributed by atoms with Crippen molar-refractivity contribution in [3.63, 3.8) is 0 Å². The average Bonchev–Trinajstić information content (AvgIpc) is 3.13. The highest BCUT2D eigenvalue weighted by Gasteiger charge is 2.21. The first-order chi connectivity index (χ1) is 13.2. The second kappa shape index (κ2) is 7.50. The van der Waals surface area contributed by atoms with E-state index in [-0.39, 0.29) is 18.4 Å². The molecule has 0 bridgehead atoms. The van der Waals surface area contributed by atoms with Crippen molar-refractivity contribution in [2.45, 2.75) is 12.8 Å². The van der Waals surface area contributed by atoms with Crippen LogP contribution in [0.5, 0.6) is 5.75 Å². The molecule has 5 heteroatoms. The molecule has 0 unspecified atom stereocenters. The minimum absolute atomic E-state index is 0.0782. The van der Waals surface area contributed by atoms with Crippen molar-refractivity contribution in [3.05, 3.63) is 66.7 Å². The van der Waals surface area contributed by atoms with E-state index in [9.17, 15) is 9.59 Å². The van der Waals surface area contributed by atoms with Crippen LogP contribution in [0.2, 0.25) is 0 Å². The zero-order chi connectivity index (χ0) is 18.6. The van der Waals surface area contributed by atoms with Crippen LogP contribution in [0.3, 0.4) is 0 Å². The van der Waals surface area contributed by atoms with E-state index in [0.29, 0.717) is 12.2 Å². The fraction of sp³-hybridized carbons (Fsp3) is 0.182. The highest BCUT2D eigenvalue weighted by molar-refractivity contribution is 6.02. The van der Waals surface area contributed by atoms with E-state index in [4.69, 9.17) is 4.74 Å². The summed E-state index contributed by atoms with van der Waals surface area (Å²) >= 11 is 0. The van der Waals surface area contributed by atoms with Crippen LogP contribution in [0, 0.1) is 0 Å². The maximum Gasteiger partial charge on any atom is 0.262 e. The first-order valence-corrected chi connectivity index (χ1v) is 9.01. The van der Waals surface area contributed by atoms with Crippen LogP contribution in [0.1, 0.15) is 12.8 Å². The number of nitrogens with one attached hydrogen (secondary N) is 1. The molecule has 0 spiro atoms. The van der Waals surface area contributed by atoms with E-state index in [1.165, 1.54) is 0 Å². The lowest BCUT2D eigenvalue weighted by atomic mass is 10.1. The fourth-order valence-electron chi connectivity index (χ4n) is 3.31. The number of ether oxygens (including phenoxy) is 1. The SMILES string of the molecule is O=C(COc1ccc(N2CCCC2=O)cc1)Nc1cccc2ccccc12. The molecular weight excluding hydrogens is 340 g/mol. The minimum atomic E-state index is -0.217. The van der Waals surface area contributed by atoms with Gasteiger partial charge in [0.2, 0.25) is 5.91 Å². The zero-order valence-electron chi connectivity index (χ0n) is 14.9. The summed E-state index contributed by atoms with van der Waals surface area (Å²) < 4.78 is 5.58. The highest BCUT2D eigenvalue weighted by atomic mass is 16.5. The summed E-state index contributed by atoms with van der Waals surface area (Å²) in [6.45, 7) is 0.678. The third-order valence-corrected chi connectivity index (χ3v) is 4.66. The molecule has 5 nitrogen and oxygen atoms in total. The Kier molecular flexibility index (Phi) is 4.75. The van der Waals surface area contributed by atoms with Gasteiger partial charge in [-0.25, -0.2) is 0 Å². The van der Waals surface area contributed by atoms with Crippen LogP contribution >= 0.6 is 0 Å². The molecular formula is C22H20N2O3. The quantitative estimate of drug-likeness (QED) is 0.749. The van der Waals surface area contributed by atoms with Crippen LogP contribution in [-0.2, 0) is 9.59 Å². The third kappa shape index (κ3) is 3.77. The lowest BCUT2D eigenvalue weighted by Crippen LogP contribution is -2.23. The number of amides is 2. The monoisotopic (exact) mass is 360 g/mol. The van der Waals surface area contributed by atoms with Crippen LogP contribution in [0.15, 0.2) is 66.7 Å². The molecule has 0 saturated carbocycles. The predicted molar refractivity (Wildman–Crippen MR) is 106 cm³/mol. The molecule has 4 rings (SSSR count). The number of anilines is 2. The van der Waals surface area contributed by atoms with Gasteiger partial charge in [-0.15, -0.1) is 0 Å². The second-order valence-electron chi connectivity index (χ2n) is 6.51. The molecule has 0 aromatic heterocycles. The van der Waals surface area contributed by atoms with Gasteiger partial charge in [0.05, 0.1) is 0 Å². The number of fused-ring (bicyclic) bond motifs is 1. The van der Waals surface area contributed by atoms with Crippen molar-refractivity contribution >= 4 is 34.0 Å². The second-order valence-corrected chi connectivity index (χ2v) is 6.51. The Balaban J connectivity index is 1.37. The normalized spacial score (nSPS) is 13.8. The maximum absolute atomic E-state index is 12.3. The van der Waals surface area contributed by atoms with E-state index in [1.54, 1.807) is 17.0 Å². The van der Waals surface area contributed by atoms with Crippen LogP contribution < -0.4 is 15.0 Å². The van der Waals surface area contributed by atoms with Gasteiger partial charge in [-0.1, -0.05) is 36.4 Å². The Morgan fingerprint density at radius 3 is 2.56 bits per heavy atom. The minimum Gasteiger partial charge on any atom is -0.484 e. The van der Waals surface area contributed by atoms with Gasteiger partial charge >= 0.3 is 0 Å². The van der Waals surface area contributed by atoms with Crippen molar-refractivity contribution < 1.29 is 14.3 Å². The molecule has 0 atom stereocenters. The Morgan fingerprint density at radius 2 is 1.78 bits per heavy atom. The first-order valence-electron chi connectivity index (χ1n) is 9.01. The molecule has 0 radical (unpaired) electrons. The summed E-state index contributed by atoms with van der Waals surface area (Å²) in [6.07, 6.45) is 1.50. The van der Waals surface area contributed by atoms with Gasteiger partial charge in [0, 0.05) is 29.7 Å². The molecule has 1 heterocycles. The number of nitrogens with zero attached hydrogens (tertiary/aromatic N) is 1. The molecule has 1 fully saturated rings. The van der Waals surface area contributed by atoms with Gasteiger partial charge in [-0.05, 0) is 42.1 Å². The van der Waals surface area contributed by atoms with Gasteiger partial charge in [0.1, 0.15) is 5.75 Å². The zero-order valence-corrected chi connectivity index (χ0v) is 14.9. The Bertz CT molecular complexity index is 977. The molecule has 2 amide bonds. The van der Waals surface area contributed by atoms with E-state index in [1.807, 2.05) is 54.6 Å². The van der Waals surface area contributed by atoms with Gasteiger partial charge in [0.25, 0.3) is 5.91 Å². The average molecular weight is 360 g/mol. The summed E-state index contributed by atoms with van der Waals surface area (Å²) in [6, 6.07) is 21.0. The molecule has 1 aliphatic heterocycles. The van der Waals surface area contributed by atoms with E-state index in [2.05, 4.69) is 5.32 Å². The molecule has 1 N–H and O–H groups in total. The van der Waals surface area contributed by atoms with E-state index in [0.717, 1.165) is 35.1 Å². The van der Waals surface area contributed by atoms with Crippen LogP contribution in [-0.4, -0.2) is 25.0 Å². The fourth-order valence-corrected chi connectivity index (χ4v) is 3.31. The molecule has 3 aromatic rings. The number of benzene rings is 3. The number of hydrogen-bond acceptors (Lipinski definition) is 3. The van der Waals surface area contributed by atoms with Crippen molar-refractivity contribution in [3.8, 4) is 5.75 Å². The number of carbonyl (C=O) groups is 2. The number of hydrogen-bond donors (Lipinski definition) is 1. The predicted octanol–water partition coefficient (Wildman–Crippen LogP) is 3.98. The summed E-state index contributed by atoms with van der Waals surface area (Å²) in [5.74, 6) is 0.529. The van der Waals surface area contributed by atoms with Gasteiger partial charge in [0.15, 0.2) is 6.61 Å². The van der Waals surface area contributed by atoms with Gasteiger partial charge in [-0.3, -0.25) is 9.59 Å². The lowest BCUT2D eigenvalue weighted by Gasteiger charge is -2.16. The topological polar surface area (TPSA) is 58.6 Å². The Morgan fingerprint density at radius 1 is 1.00 bits per heavy atom. The molecule has 0 aliphatic carbocycles. The van der Waals surface area contributed by atoms with Gasteiger partial charge < -0.3 is 15.0 Å². The van der Waals surface area contributed by atoms with Crippen molar-refractivity contribution in [1.29, 1.82) is 0 Å². The highest BCUT2D eigenvalue weighted by Crippen LogP contribution is 2.25. The Labute approximate surface area is 157 Å². The maximum atomic E-state index is 12.3. The number of rotatable bonds is 5. The summed E-state index contributed by atoms with van der Waals surface area (Å²) in [5.41, 5.74) is 1.63. The molecule has 136 valence electrons. The van der Waals surface area contributed by atoms with Crippen molar-refractivity contribution in [2.75, 3.05) is 23.4 Å². The van der Waals surface area contributed by atoms with Crippen molar-refractivity contribution in [2.24, 2.45) is 0 Å². The first kappa shape index (κ1) is 17.1. The lowest BCUT2D eigenvalue weighted by molar-refractivity contribution is -0.118. The summed E-state index contributed by atoms with van der Waals surface area (Å²) in [5, 5.41) is 4.97. The Hall–Kier alpha value is -3.34. The van der Waals surface area contributed by atoms with E-state index < -0.39 is 0 Å². The summed E-state index contributed by atoms with van der Waals surface area (Å²) in [7, 11) is 0. The van der Waals surface area contributed by atoms with Crippen LogP contribution in [0.4, 0.5) is 11.4 Å². The summed E-state index contributed by atoms with van der Waals surface area (Å²) in [4.78, 5) is 25.8. The number of carbonyl (C=O) groups excluding carboxylic acids is 2. The smallest absolute Gasteiger partial charge is 0.262 e.